The van der Waals surface area contributed by atoms with E-state index in [1.54, 1.807) is 0 Å². The summed E-state index contributed by atoms with van der Waals surface area (Å²) in [5.41, 5.74) is 6.68. The van der Waals surface area contributed by atoms with Crippen LogP contribution >= 0.6 is 11.3 Å². The highest BCUT2D eigenvalue weighted by Crippen LogP contribution is 2.31. The predicted molar refractivity (Wildman–Crippen MR) is 79.3 cm³/mol. The second-order valence-electron chi connectivity index (χ2n) is 5.77. The van der Waals surface area contributed by atoms with Crippen molar-refractivity contribution in [3.05, 3.63) is 21.4 Å². The van der Waals surface area contributed by atoms with E-state index in [-0.39, 0.29) is 11.3 Å². The molecule has 3 nitrogen and oxygen atoms in total. The number of hydrogen-bond donors (Lipinski definition) is 1. The molecule has 0 radical (unpaired) electrons. The highest BCUT2D eigenvalue weighted by atomic mass is 32.1. The number of amides is 1. The summed E-state index contributed by atoms with van der Waals surface area (Å²) >= 11 is 1.47. The molecule has 1 saturated heterocycles. The van der Waals surface area contributed by atoms with Gasteiger partial charge in [0.25, 0.3) is 5.91 Å². The summed E-state index contributed by atoms with van der Waals surface area (Å²) in [6, 6.07) is 1.94. The van der Waals surface area contributed by atoms with Gasteiger partial charge in [-0.2, -0.15) is 0 Å². The average Bonchev–Trinajstić information content (AvgIpc) is 2.89. The van der Waals surface area contributed by atoms with Crippen LogP contribution < -0.4 is 5.73 Å². The van der Waals surface area contributed by atoms with Crippen LogP contribution in [0.15, 0.2) is 6.07 Å². The number of aryl methyl sites for hydroxylation is 1. The van der Waals surface area contributed by atoms with Gasteiger partial charge in [0.1, 0.15) is 0 Å². The molecule has 4 heteroatoms. The second kappa shape index (κ2) is 5.36. The number of hydrogen-bond acceptors (Lipinski definition) is 3. The molecule has 0 bridgehead atoms. The summed E-state index contributed by atoms with van der Waals surface area (Å²) in [6.45, 7) is 8.44. The molecule has 0 aromatic carbocycles. The van der Waals surface area contributed by atoms with Gasteiger partial charge >= 0.3 is 0 Å². The van der Waals surface area contributed by atoms with Crippen molar-refractivity contribution in [1.82, 2.24) is 4.90 Å². The van der Waals surface area contributed by atoms with Crippen LogP contribution in [0.25, 0.3) is 0 Å². The fourth-order valence-corrected chi connectivity index (χ4v) is 3.30. The van der Waals surface area contributed by atoms with E-state index in [4.69, 9.17) is 5.73 Å². The molecule has 0 unspecified atom stereocenters. The Morgan fingerprint density at radius 1 is 1.58 bits per heavy atom. The summed E-state index contributed by atoms with van der Waals surface area (Å²) in [5.74, 6) is 6.01. The molecule has 19 heavy (non-hydrogen) atoms. The van der Waals surface area contributed by atoms with Gasteiger partial charge in [-0.1, -0.05) is 25.7 Å². The van der Waals surface area contributed by atoms with Crippen molar-refractivity contribution in [2.24, 2.45) is 11.1 Å². The van der Waals surface area contributed by atoms with E-state index in [0.717, 1.165) is 34.8 Å². The molecule has 0 saturated carbocycles. The number of nitrogens with two attached hydrogens (primary N) is 1. The third-order valence-corrected chi connectivity index (χ3v) is 4.54. The Kier molecular flexibility index (Phi) is 3.98. The maximum atomic E-state index is 12.4. The fourth-order valence-electron chi connectivity index (χ4n) is 2.28. The highest BCUT2D eigenvalue weighted by Gasteiger charge is 2.33. The third-order valence-electron chi connectivity index (χ3n) is 3.40. The van der Waals surface area contributed by atoms with E-state index in [1.165, 1.54) is 11.3 Å². The molecule has 0 atom stereocenters. The normalized spacial score (nSPS) is 17.2. The van der Waals surface area contributed by atoms with E-state index in [1.807, 2.05) is 17.9 Å². The van der Waals surface area contributed by atoms with E-state index in [0.29, 0.717) is 6.54 Å². The number of carbonyl (C=O) groups excluding carboxylic acids is 1. The Labute approximate surface area is 118 Å². The molecular weight excluding hydrogens is 256 g/mol. The van der Waals surface area contributed by atoms with Crippen molar-refractivity contribution in [3.8, 4) is 11.8 Å². The standard InChI is InChI=1S/C15H20N2OS/c1-11-9-13(19-12(11)5-4-7-16)14(18)17-8-6-15(2,3)10-17/h9H,6-8,10,16H2,1-3H3. The molecule has 0 spiro atoms. The highest BCUT2D eigenvalue weighted by molar-refractivity contribution is 7.14. The summed E-state index contributed by atoms with van der Waals surface area (Å²) in [7, 11) is 0. The first kappa shape index (κ1) is 14.1. The second-order valence-corrected chi connectivity index (χ2v) is 6.82. The van der Waals surface area contributed by atoms with Gasteiger partial charge in [0, 0.05) is 13.1 Å². The summed E-state index contributed by atoms with van der Waals surface area (Å²) in [4.78, 5) is 16.1. The minimum absolute atomic E-state index is 0.138. The van der Waals surface area contributed by atoms with Crippen LogP contribution in [0, 0.1) is 24.2 Å². The molecule has 0 aliphatic carbocycles. The molecule has 1 aromatic heterocycles. The lowest BCUT2D eigenvalue weighted by Crippen LogP contribution is -2.29. The maximum Gasteiger partial charge on any atom is 0.263 e. The Balaban J connectivity index is 2.17. The van der Waals surface area contributed by atoms with Crippen LogP contribution in [0.3, 0.4) is 0 Å². The lowest BCUT2D eigenvalue weighted by molar-refractivity contribution is 0.0783. The molecular formula is C15H20N2OS. The lowest BCUT2D eigenvalue weighted by atomic mass is 9.93. The summed E-state index contributed by atoms with van der Waals surface area (Å²) < 4.78 is 0. The van der Waals surface area contributed by atoms with Crippen molar-refractivity contribution < 1.29 is 4.79 Å². The minimum atomic E-state index is 0.138. The van der Waals surface area contributed by atoms with Crippen LogP contribution in [0.4, 0.5) is 0 Å². The van der Waals surface area contributed by atoms with Gasteiger partial charge in [0.05, 0.1) is 16.3 Å². The number of nitrogens with zero attached hydrogens (tertiary/aromatic N) is 1. The molecule has 102 valence electrons. The number of likely N-dealkylation sites (tertiary alicyclic amines) is 1. The largest absolute Gasteiger partial charge is 0.337 e. The zero-order chi connectivity index (χ0) is 14.0. The molecule has 1 aromatic rings. The van der Waals surface area contributed by atoms with Gasteiger partial charge in [0.15, 0.2) is 0 Å². The van der Waals surface area contributed by atoms with E-state index in [9.17, 15) is 4.79 Å². The van der Waals surface area contributed by atoms with E-state index in [2.05, 4.69) is 25.7 Å². The number of thiophene rings is 1. The number of rotatable bonds is 1. The summed E-state index contributed by atoms with van der Waals surface area (Å²) in [5, 5.41) is 0. The topological polar surface area (TPSA) is 46.3 Å². The van der Waals surface area contributed by atoms with Crippen molar-refractivity contribution in [2.75, 3.05) is 19.6 Å². The SMILES string of the molecule is Cc1cc(C(=O)N2CCC(C)(C)C2)sc1C#CCN. The van der Waals surface area contributed by atoms with Crippen LogP contribution in [-0.4, -0.2) is 30.4 Å². The van der Waals surface area contributed by atoms with Crippen molar-refractivity contribution in [3.63, 3.8) is 0 Å². The molecule has 1 fully saturated rings. The van der Waals surface area contributed by atoms with E-state index < -0.39 is 0 Å². The Bertz CT molecular complexity index is 548. The van der Waals surface area contributed by atoms with Gasteiger partial charge in [0.2, 0.25) is 0 Å². The van der Waals surface area contributed by atoms with Gasteiger partial charge in [-0.3, -0.25) is 4.79 Å². The molecule has 1 amide bonds. The first-order chi connectivity index (χ1) is 8.93. The average molecular weight is 276 g/mol. The molecule has 1 aliphatic heterocycles. The summed E-state index contributed by atoms with van der Waals surface area (Å²) in [6.07, 6.45) is 1.07. The van der Waals surface area contributed by atoms with Crippen molar-refractivity contribution >= 4 is 17.2 Å². The van der Waals surface area contributed by atoms with Crippen molar-refractivity contribution in [2.45, 2.75) is 27.2 Å². The Morgan fingerprint density at radius 2 is 2.32 bits per heavy atom. The van der Waals surface area contributed by atoms with Crippen LogP contribution in [-0.2, 0) is 0 Å². The smallest absolute Gasteiger partial charge is 0.263 e. The first-order valence-corrected chi connectivity index (χ1v) is 7.33. The Morgan fingerprint density at radius 3 is 2.89 bits per heavy atom. The molecule has 2 rings (SSSR count). The predicted octanol–water partition coefficient (Wildman–Crippen LogP) is 2.24. The zero-order valence-electron chi connectivity index (χ0n) is 11.7. The van der Waals surface area contributed by atoms with Gasteiger partial charge in [-0.05, 0) is 30.4 Å². The first-order valence-electron chi connectivity index (χ1n) is 6.51. The van der Waals surface area contributed by atoms with Gasteiger partial charge in [-0.15, -0.1) is 11.3 Å². The van der Waals surface area contributed by atoms with Crippen LogP contribution in [0.5, 0.6) is 0 Å². The molecule has 1 aliphatic rings. The Hall–Kier alpha value is -1.31. The quantitative estimate of drug-likeness (QED) is 0.800. The maximum absolute atomic E-state index is 12.4. The lowest BCUT2D eigenvalue weighted by Gasteiger charge is -2.19. The fraction of sp³-hybridized carbons (Fsp3) is 0.533. The van der Waals surface area contributed by atoms with Crippen LogP contribution in [0.2, 0.25) is 0 Å². The molecule has 2 N–H and O–H groups in total. The monoisotopic (exact) mass is 276 g/mol. The molecule has 2 heterocycles. The van der Waals surface area contributed by atoms with Gasteiger partial charge in [-0.25, -0.2) is 0 Å². The van der Waals surface area contributed by atoms with Crippen LogP contribution in [0.1, 0.15) is 40.4 Å². The van der Waals surface area contributed by atoms with Crippen molar-refractivity contribution in [1.29, 1.82) is 0 Å². The zero-order valence-corrected chi connectivity index (χ0v) is 12.6. The van der Waals surface area contributed by atoms with E-state index >= 15 is 0 Å². The number of carbonyl (C=O) groups is 1. The van der Waals surface area contributed by atoms with Gasteiger partial charge < -0.3 is 10.6 Å². The minimum Gasteiger partial charge on any atom is -0.337 e. The third kappa shape index (κ3) is 3.17.